The third-order valence-electron chi connectivity index (χ3n) is 3.38. The number of carbonyl (C=O) groups is 1. The second-order valence-electron chi connectivity index (χ2n) is 4.66. The number of halogens is 1. The third kappa shape index (κ3) is 3.06. The second kappa shape index (κ2) is 6.81. The van der Waals surface area contributed by atoms with E-state index < -0.39 is 0 Å². The molecule has 1 aromatic heterocycles. The van der Waals surface area contributed by atoms with Gasteiger partial charge in [-0.25, -0.2) is 0 Å². The summed E-state index contributed by atoms with van der Waals surface area (Å²) in [6.07, 6.45) is 3.90. The first-order chi connectivity index (χ1) is 8.24. The fourth-order valence-corrected chi connectivity index (χ4v) is 2.44. The number of aromatic nitrogens is 1. The minimum Gasteiger partial charge on any atom is -0.365 e. The summed E-state index contributed by atoms with van der Waals surface area (Å²) in [7, 11) is 0. The Labute approximate surface area is 115 Å². The first kappa shape index (κ1) is 15.1. The van der Waals surface area contributed by atoms with E-state index in [1.165, 1.54) is 0 Å². The Morgan fingerprint density at radius 3 is 2.83 bits per heavy atom. The van der Waals surface area contributed by atoms with Gasteiger partial charge in [-0.05, 0) is 32.4 Å². The molecule has 2 rings (SSSR count). The maximum atomic E-state index is 12.5. The SMILES string of the molecule is CCCN(C(=O)c1cc[nH]c1C)C1CCNC1.Cl. The molecule has 2 heterocycles. The molecule has 1 aliphatic heterocycles. The predicted molar refractivity (Wildman–Crippen MR) is 75.4 cm³/mol. The van der Waals surface area contributed by atoms with Crippen molar-refractivity contribution in [2.24, 2.45) is 0 Å². The number of H-pyrrole nitrogens is 1. The topological polar surface area (TPSA) is 48.1 Å². The Morgan fingerprint density at radius 2 is 2.33 bits per heavy atom. The van der Waals surface area contributed by atoms with Gasteiger partial charge in [-0.1, -0.05) is 6.92 Å². The van der Waals surface area contributed by atoms with Crippen molar-refractivity contribution in [2.45, 2.75) is 32.7 Å². The predicted octanol–water partition coefficient (Wildman–Crippen LogP) is 1.96. The molecule has 0 saturated carbocycles. The zero-order valence-electron chi connectivity index (χ0n) is 11.0. The highest BCUT2D eigenvalue weighted by Gasteiger charge is 2.27. The van der Waals surface area contributed by atoms with E-state index in [1.54, 1.807) is 0 Å². The van der Waals surface area contributed by atoms with Gasteiger partial charge in [-0.15, -0.1) is 12.4 Å². The molecular weight excluding hydrogens is 250 g/mol. The van der Waals surface area contributed by atoms with Crippen molar-refractivity contribution in [3.8, 4) is 0 Å². The van der Waals surface area contributed by atoms with Crippen LogP contribution in [0.2, 0.25) is 0 Å². The van der Waals surface area contributed by atoms with Crippen LogP contribution in [-0.4, -0.2) is 41.5 Å². The molecule has 0 spiro atoms. The largest absolute Gasteiger partial charge is 0.365 e. The Balaban J connectivity index is 0.00000162. The normalized spacial score (nSPS) is 18.4. The minimum atomic E-state index is 0. The van der Waals surface area contributed by atoms with Crippen molar-refractivity contribution < 1.29 is 4.79 Å². The average Bonchev–Trinajstić information content (AvgIpc) is 2.95. The molecule has 1 aromatic rings. The van der Waals surface area contributed by atoms with Crippen molar-refractivity contribution in [3.05, 3.63) is 23.5 Å². The fourth-order valence-electron chi connectivity index (χ4n) is 2.44. The number of aromatic amines is 1. The van der Waals surface area contributed by atoms with E-state index in [0.29, 0.717) is 6.04 Å². The maximum Gasteiger partial charge on any atom is 0.255 e. The molecule has 4 nitrogen and oxygen atoms in total. The zero-order chi connectivity index (χ0) is 12.3. The number of aryl methyl sites for hydroxylation is 1. The Bertz CT molecular complexity index is 385. The summed E-state index contributed by atoms with van der Waals surface area (Å²) >= 11 is 0. The van der Waals surface area contributed by atoms with E-state index in [4.69, 9.17) is 0 Å². The Morgan fingerprint density at radius 1 is 1.56 bits per heavy atom. The van der Waals surface area contributed by atoms with Crippen molar-refractivity contribution >= 4 is 18.3 Å². The van der Waals surface area contributed by atoms with Crippen LogP contribution >= 0.6 is 12.4 Å². The number of hydrogen-bond acceptors (Lipinski definition) is 2. The molecular formula is C13H22ClN3O. The first-order valence-corrected chi connectivity index (χ1v) is 6.39. The van der Waals surface area contributed by atoms with Gasteiger partial charge >= 0.3 is 0 Å². The van der Waals surface area contributed by atoms with E-state index in [0.717, 1.165) is 43.7 Å². The van der Waals surface area contributed by atoms with Gasteiger partial charge in [-0.3, -0.25) is 4.79 Å². The smallest absolute Gasteiger partial charge is 0.255 e. The lowest BCUT2D eigenvalue weighted by Crippen LogP contribution is -2.42. The van der Waals surface area contributed by atoms with Gasteiger partial charge in [0.15, 0.2) is 0 Å². The lowest BCUT2D eigenvalue weighted by Gasteiger charge is -2.28. The van der Waals surface area contributed by atoms with Crippen LogP contribution in [0.1, 0.15) is 35.8 Å². The van der Waals surface area contributed by atoms with Crippen LogP contribution < -0.4 is 5.32 Å². The highest BCUT2D eigenvalue weighted by molar-refractivity contribution is 5.95. The summed E-state index contributed by atoms with van der Waals surface area (Å²) in [5, 5.41) is 3.32. The van der Waals surface area contributed by atoms with Crippen molar-refractivity contribution in [3.63, 3.8) is 0 Å². The molecule has 1 saturated heterocycles. The highest BCUT2D eigenvalue weighted by Crippen LogP contribution is 2.15. The molecule has 0 aromatic carbocycles. The summed E-state index contributed by atoms with van der Waals surface area (Å²) in [5.74, 6) is 0.166. The molecule has 5 heteroatoms. The summed E-state index contributed by atoms with van der Waals surface area (Å²) in [6, 6.07) is 2.24. The highest BCUT2D eigenvalue weighted by atomic mass is 35.5. The van der Waals surface area contributed by atoms with E-state index in [9.17, 15) is 4.79 Å². The van der Waals surface area contributed by atoms with Gasteiger partial charge in [0.05, 0.1) is 5.56 Å². The standard InChI is InChI=1S/C13H21N3O.ClH/c1-3-8-16(11-4-6-14-9-11)13(17)12-5-7-15-10(12)2;/h5,7,11,14-15H,3-4,6,8-9H2,1-2H3;1H. The molecule has 1 fully saturated rings. The molecule has 18 heavy (non-hydrogen) atoms. The lowest BCUT2D eigenvalue weighted by molar-refractivity contribution is 0.0691. The number of rotatable bonds is 4. The zero-order valence-corrected chi connectivity index (χ0v) is 11.8. The third-order valence-corrected chi connectivity index (χ3v) is 3.38. The van der Waals surface area contributed by atoms with Crippen LogP contribution in [0.15, 0.2) is 12.3 Å². The minimum absolute atomic E-state index is 0. The molecule has 0 aliphatic carbocycles. The number of hydrogen-bond donors (Lipinski definition) is 2. The van der Waals surface area contributed by atoms with Crippen molar-refractivity contribution in [1.82, 2.24) is 15.2 Å². The number of carbonyl (C=O) groups excluding carboxylic acids is 1. The van der Waals surface area contributed by atoms with Gasteiger partial charge in [0.2, 0.25) is 0 Å². The van der Waals surface area contributed by atoms with Crippen LogP contribution in [-0.2, 0) is 0 Å². The fraction of sp³-hybridized carbons (Fsp3) is 0.615. The average molecular weight is 272 g/mol. The van der Waals surface area contributed by atoms with Gasteiger partial charge in [0.1, 0.15) is 0 Å². The van der Waals surface area contributed by atoms with Crippen molar-refractivity contribution in [1.29, 1.82) is 0 Å². The molecule has 1 atom stereocenters. The van der Waals surface area contributed by atoms with Gasteiger partial charge in [0.25, 0.3) is 5.91 Å². The second-order valence-corrected chi connectivity index (χ2v) is 4.66. The number of amides is 1. The molecule has 0 radical (unpaired) electrons. The maximum absolute atomic E-state index is 12.5. The van der Waals surface area contributed by atoms with E-state index in [2.05, 4.69) is 17.2 Å². The van der Waals surface area contributed by atoms with Gasteiger partial charge < -0.3 is 15.2 Å². The summed E-state index contributed by atoms with van der Waals surface area (Å²) < 4.78 is 0. The molecule has 2 N–H and O–H groups in total. The monoisotopic (exact) mass is 271 g/mol. The molecule has 102 valence electrons. The van der Waals surface area contributed by atoms with E-state index in [1.807, 2.05) is 24.1 Å². The van der Waals surface area contributed by atoms with E-state index >= 15 is 0 Å². The Hall–Kier alpha value is -1.00. The van der Waals surface area contributed by atoms with Crippen LogP contribution in [0.3, 0.4) is 0 Å². The van der Waals surface area contributed by atoms with E-state index in [-0.39, 0.29) is 18.3 Å². The molecule has 1 aliphatic rings. The molecule has 1 unspecified atom stereocenters. The summed E-state index contributed by atoms with van der Waals surface area (Å²) in [5.41, 5.74) is 1.77. The van der Waals surface area contributed by atoms with Crippen molar-refractivity contribution in [2.75, 3.05) is 19.6 Å². The van der Waals surface area contributed by atoms with Crippen LogP contribution in [0, 0.1) is 6.92 Å². The van der Waals surface area contributed by atoms with Crippen LogP contribution in [0.25, 0.3) is 0 Å². The van der Waals surface area contributed by atoms with Gasteiger partial charge in [-0.2, -0.15) is 0 Å². The Kier molecular flexibility index (Phi) is 5.69. The first-order valence-electron chi connectivity index (χ1n) is 6.39. The van der Waals surface area contributed by atoms with Crippen LogP contribution in [0.5, 0.6) is 0 Å². The summed E-state index contributed by atoms with van der Waals surface area (Å²) in [6.45, 7) is 6.85. The van der Waals surface area contributed by atoms with Gasteiger partial charge in [0, 0.05) is 31.0 Å². The number of nitrogens with zero attached hydrogens (tertiary/aromatic N) is 1. The number of nitrogens with one attached hydrogen (secondary N) is 2. The quantitative estimate of drug-likeness (QED) is 0.880. The molecule has 0 bridgehead atoms. The van der Waals surface area contributed by atoms with Crippen LogP contribution in [0.4, 0.5) is 0 Å². The summed E-state index contributed by atoms with van der Waals surface area (Å²) in [4.78, 5) is 17.6. The molecule has 1 amide bonds. The lowest BCUT2D eigenvalue weighted by atomic mass is 10.1.